The summed E-state index contributed by atoms with van der Waals surface area (Å²) in [6.07, 6.45) is 7.56. The number of benzene rings is 2. The molecule has 27 heavy (non-hydrogen) atoms. The number of hydrogen-bond donors (Lipinski definition) is 1. The van der Waals surface area contributed by atoms with Crippen LogP contribution in [-0.2, 0) is 0 Å². The summed E-state index contributed by atoms with van der Waals surface area (Å²) in [6.45, 7) is 7.17. The molecule has 0 saturated heterocycles. The molecule has 0 atom stereocenters. The van der Waals surface area contributed by atoms with Gasteiger partial charge in [0.2, 0.25) is 11.5 Å². The minimum absolute atomic E-state index is 0.00553. The summed E-state index contributed by atoms with van der Waals surface area (Å²) in [6, 6.07) is 17.2. The van der Waals surface area contributed by atoms with Crippen LogP contribution < -0.4 is 0 Å². The quantitative estimate of drug-likeness (QED) is 0.255. The van der Waals surface area contributed by atoms with E-state index in [1.807, 2.05) is 0 Å². The molecule has 0 unspecified atom stereocenters. The molecule has 4 nitrogen and oxygen atoms in total. The van der Waals surface area contributed by atoms with Crippen molar-refractivity contribution in [2.75, 3.05) is 0 Å². The van der Waals surface area contributed by atoms with Crippen LogP contribution in [0, 0.1) is 12.0 Å². The molecule has 0 fully saturated rings. The molecule has 2 rings (SSSR count). The zero-order chi connectivity index (χ0) is 19.5. The van der Waals surface area contributed by atoms with Crippen molar-refractivity contribution in [3.8, 4) is 0 Å². The number of allylic oxidation sites excluding steroid dienone is 7. The van der Waals surface area contributed by atoms with Crippen molar-refractivity contribution in [2.24, 2.45) is 0 Å². The van der Waals surface area contributed by atoms with E-state index in [0.717, 1.165) is 0 Å². The van der Waals surface area contributed by atoms with E-state index in [9.17, 15) is 9.59 Å². The largest absolute Gasteiger partial charge is 0.302 e. The Balaban J connectivity index is 2.07. The van der Waals surface area contributed by atoms with Crippen molar-refractivity contribution in [2.45, 2.75) is 0 Å². The van der Waals surface area contributed by atoms with Crippen molar-refractivity contribution in [1.29, 1.82) is 5.41 Å². The third-order valence-corrected chi connectivity index (χ3v) is 3.54. The van der Waals surface area contributed by atoms with Gasteiger partial charge in [-0.2, -0.15) is 0 Å². The SMILES string of the molecule is [C-]#[N+]C(=CC=CC=CC(=C=N)C(=O)c1ccccc1)C(=O)c1ccccc1. The molecule has 0 aliphatic rings. The first-order valence-electron chi connectivity index (χ1n) is 8.09. The van der Waals surface area contributed by atoms with Crippen LogP contribution in [0.15, 0.2) is 102 Å². The van der Waals surface area contributed by atoms with Gasteiger partial charge in [-0.15, -0.1) is 0 Å². The monoisotopic (exact) mass is 352 g/mol. The highest BCUT2D eigenvalue weighted by molar-refractivity contribution is 6.15. The molecule has 1 N–H and O–H groups in total. The molecule has 0 amide bonds. The van der Waals surface area contributed by atoms with E-state index in [-0.39, 0.29) is 22.8 Å². The number of Topliss-reactive ketones (excluding diaryl/α,β-unsaturated/α-hetero) is 2. The Kier molecular flexibility index (Phi) is 7.17. The zero-order valence-electron chi connectivity index (χ0n) is 14.4. The summed E-state index contributed by atoms with van der Waals surface area (Å²) < 4.78 is 0. The van der Waals surface area contributed by atoms with Crippen LogP contribution in [0.2, 0.25) is 0 Å². The fourth-order valence-electron chi connectivity index (χ4n) is 2.18. The van der Waals surface area contributed by atoms with Crippen LogP contribution in [-0.4, -0.2) is 17.4 Å². The molecule has 4 heteroatoms. The number of ketones is 2. The molecule has 0 aromatic heterocycles. The Bertz CT molecular complexity index is 1000. The maximum Gasteiger partial charge on any atom is 0.234 e. The van der Waals surface area contributed by atoms with Gasteiger partial charge in [-0.05, 0) is 11.9 Å². The van der Waals surface area contributed by atoms with Gasteiger partial charge in [0, 0.05) is 11.1 Å². The maximum atomic E-state index is 12.2. The third-order valence-electron chi connectivity index (χ3n) is 3.54. The number of nitrogens with one attached hydrogen (secondary N) is 1. The Morgan fingerprint density at radius 3 is 1.93 bits per heavy atom. The van der Waals surface area contributed by atoms with Gasteiger partial charge in [-0.25, -0.2) is 4.85 Å². The molecule has 2 aromatic rings. The van der Waals surface area contributed by atoms with Crippen LogP contribution in [0.4, 0.5) is 0 Å². The zero-order valence-corrected chi connectivity index (χ0v) is 14.4. The Hall–Kier alpha value is -4.06. The second-order valence-electron chi connectivity index (χ2n) is 5.34. The Morgan fingerprint density at radius 1 is 0.852 bits per heavy atom. The van der Waals surface area contributed by atoms with Gasteiger partial charge in [0.15, 0.2) is 5.78 Å². The number of hydrogen-bond acceptors (Lipinski definition) is 3. The predicted molar refractivity (Wildman–Crippen MR) is 106 cm³/mol. The van der Waals surface area contributed by atoms with E-state index in [1.165, 1.54) is 12.2 Å². The molecule has 0 saturated carbocycles. The molecule has 0 radical (unpaired) electrons. The number of carbonyl (C=O) groups excluding carboxylic acids is 2. The van der Waals surface area contributed by atoms with Gasteiger partial charge in [0.1, 0.15) is 0 Å². The summed E-state index contributed by atoms with van der Waals surface area (Å²) >= 11 is 0. The molecule has 0 spiro atoms. The van der Waals surface area contributed by atoms with E-state index >= 15 is 0 Å². The molecule has 0 bridgehead atoms. The van der Waals surface area contributed by atoms with Gasteiger partial charge in [0.25, 0.3) is 0 Å². The lowest BCUT2D eigenvalue weighted by Gasteiger charge is -1.98. The van der Waals surface area contributed by atoms with Crippen LogP contribution >= 0.6 is 0 Å². The van der Waals surface area contributed by atoms with E-state index in [2.05, 4.69) is 10.7 Å². The fourth-order valence-corrected chi connectivity index (χ4v) is 2.18. The first-order chi connectivity index (χ1) is 13.2. The topological polar surface area (TPSA) is 62.4 Å². The first kappa shape index (κ1) is 19.3. The summed E-state index contributed by atoms with van der Waals surface area (Å²) in [7, 11) is 0. The number of rotatable bonds is 7. The lowest BCUT2D eigenvalue weighted by Crippen LogP contribution is -2.01. The molecule has 130 valence electrons. The number of carbonyl (C=O) groups is 2. The van der Waals surface area contributed by atoms with Gasteiger partial charge < -0.3 is 4.79 Å². The van der Waals surface area contributed by atoms with Gasteiger partial charge >= 0.3 is 0 Å². The van der Waals surface area contributed by atoms with Crippen LogP contribution in [0.1, 0.15) is 20.7 Å². The van der Waals surface area contributed by atoms with Crippen molar-refractivity contribution in [3.05, 3.63) is 125 Å². The number of nitrogens with zero attached hydrogens (tertiary/aromatic N) is 1. The van der Waals surface area contributed by atoms with Crippen molar-refractivity contribution >= 4 is 17.4 Å². The summed E-state index contributed by atoms with van der Waals surface area (Å²) in [4.78, 5) is 27.7. The van der Waals surface area contributed by atoms with Crippen molar-refractivity contribution in [1.82, 2.24) is 0 Å². The minimum Gasteiger partial charge on any atom is -0.302 e. The molecular formula is C23H16N2O2. The average molecular weight is 352 g/mol. The molecule has 0 heterocycles. The van der Waals surface area contributed by atoms with Crippen molar-refractivity contribution < 1.29 is 9.59 Å². The van der Waals surface area contributed by atoms with E-state index in [1.54, 1.807) is 78.9 Å². The van der Waals surface area contributed by atoms with E-state index < -0.39 is 0 Å². The third kappa shape index (κ3) is 5.47. The fraction of sp³-hybridized carbons (Fsp3) is 0. The van der Waals surface area contributed by atoms with E-state index in [4.69, 9.17) is 12.0 Å². The minimum atomic E-state index is -0.349. The predicted octanol–water partition coefficient (Wildman–Crippen LogP) is 4.84. The first-order valence-corrected chi connectivity index (χ1v) is 8.09. The lowest BCUT2D eigenvalue weighted by atomic mass is 10.0. The highest BCUT2D eigenvalue weighted by Crippen LogP contribution is 2.10. The standard InChI is InChI=1S/C23H16N2O2/c1-25-21(23(27)19-13-7-3-8-14-19)16-10-4-9-15-20(17-24)22(26)18-11-5-2-6-12-18/h2-16,24H. The molecular weight excluding hydrogens is 336 g/mol. The summed E-state index contributed by atoms with van der Waals surface area (Å²) in [5.74, 6) is 1.48. The smallest absolute Gasteiger partial charge is 0.234 e. The molecule has 0 aliphatic heterocycles. The van der Waals surface area contributed by atoms with E-state index in [0.29, 0.717) is 11.1 Å². The molecule has 0 aliphatic carbocycles. The second-order valence-corrected chi connectivity index (χ2v) is 5.34. The van der Waals surface area contributed by atoms with Crippen LogP contribution in [0.25, 0.3) is 4.85 Å². The maximum absolute atomic E-state index is 12.2. The lowest BCUT2D eigenvalue weighted by molar-refractivity contribution is 0.103. The Morgan fingerprint density at radius 2 is 1.41 bits per heavy atom. The highest BCUT2D eigenvalue weighted by atomic mass is 16.1. The normalized spacial score (nSPS) is 11.1. The van der Waals surface area contributed by atoms with Gasteiger partial charge in [-0.1, -0.05) is 85.0 Å². The average Bonchev–Trinajstić information content (AvgIpc) is 2.74. The van der Waals surface area contributed by atoms with Crippen LogP contribution in [0.5, 0.6) is 0 Å². The Labute approximate surface area is 157 Å². The van der Waals surface area contributed by atoms with Crippen LogP contribution in [0.3, 0.4) is 0 Å². The summed E-state index contributed by atoms with van der Waals surface area (Å²) in [5.41, 5.74) is 1.03. The van der Waals surface area contributed by atoms with Gasteiger partial charge in [-0.3, -0.25) is 10.2 Å². The second kappa shape index (κ2) is 10.0. The summed E-state index contributed by atoms with van der Waals surface area (Å²) in [5, 5.41) is 7.29. The van der Waals surface area contributed by atoms with Gasteiger partial charge in [0.05, 0.1) is 12.1 Å². The van der Waals surface area contributed by atoms with Crippen molar-refractivity contribution in [3.63, 3.8) is 0 Å². The highest BCUT2D eigenvalue weighted by Gasteiger charge is 2.11. The molecule has 2 aromatic carbocycles.